The Morgan fingerprint density at radius 2 is 1.93 bits per heavy atom. The van der Waals surface area contributed by atoms with E-state index in [1.165, 1.54) is 30.0 Å². The standard InChI is InChI=1S/C29H35ClFN7O2S/c1-18(2)37-7-9-38(10-8-37)22-13-19(14-22)28(40)34-27-16-21(5-6-32-27)33-26-17-25(35-36-29(26)41-12-11-39)23-15-20(30)3-4-24(23)31/h3-6,15-19,22,39H,7-14H2,1-2H3,(H2,32,33,34,35,40). The Balaban J connectivity index is 1.23. The molecule has 9 nitrogen and oxygen atoms in total. The summed E-state index contributed by atoms with van der Waals surface area (Å²) in [4.78, 5) is 22.3. The first-order chi connectivity index (χ1) is 19.8. The first kappa shape index (κ1) is 29.7. The largest absolute Gasteiger partial charge is 0.396 e. The highest BCUT2D eigenvalue weighted by molar-refractivity contribution is 7.99. The van der Waals surface area contributed by atoms with Gasteiger partial charge in [-0.15, -0.1) is 22.0 Å². The van der Waals surface area contributed by atoms with E-state index in [1.807, 2.05) is 0 Å². The summed E-state index contributed by atoms with van der Waals surface area (Å²) in [7, 11) is 0. The molecule has 3 heterocycles. The van der Waals surface area contributed by atoms with E-state index in [9.17, 15) is 14.3 Å². The number of piperazine rings is 1. The number of halogens is 2. The second kappa shape index (κ2) is 13.4. The fourth-order valence-electron chi connectivity index (χ4n) is 5.22. The number of aliphatic hydroxyl groups excluding tert-OH is 1. The maximum Gasteiger partial charge on any atom is 0.228 e. The van der Waals surface area contributed by atoms with E-state index in [-0.39, 0.29) is 24.0 Å². The van der Waals surface area contributed by atoms with Gasteiger partial charge in [-0.25, -0.2) is 9.37 Å². The van der Waals surface area contributed by atoms with Crippen LogP contribution in [0.15, 0.2) is 47.6 Å². The average Bonchev–Trinajstić information content (AvgIpc) is 2.93. The number of hydrogen-bond acceptors (Lipinski definition) is 9. The number of rotatable bonds is 10. The van der Waals surface area contributed by atoms with Crippen molar-refractivity contribution in [1.29, 1.82) is 0 Å². The Morgan fingerprint density at radius 1 is 1.15 bits per heavy atom. The molecule has 1 amide bonds. The van der Waals surface area contributed by atoms with Gasteiger partial charge in [0.15, 0.2) is 0 Å². The van der Waals surface area contributed by atoms with Gasteiger partial charge in [0.1, 0.15) is 16.7 Å². The summed E-state index contributed by atoms with van der Waals surface area (Å²) < 4.78 is 14.5. The predicted molar refractivity (Wildman–Crippen MR) is 161 cm³/mol. The first-order valence-electron chi connectivity index (χ1n) is 13.9. The van der Waals surface area contributed by atoms with Crippen LogP contribution >= 0.6 is 23.4 Å². The van der Waals surface area contributed by atoms with Crippen LogP contribution in [0.5, 0.6) is 0 Å². The van der Waals surface area contributed by atoms with Gasteiger partial charge in [-0.2, -0.15) is 0 Å². The highest BCUT2D eigenvalue weighted by Crippen LogP contribution is 2.35. The number of hydrogen-bond donors (Lipinski definition) is 3. The fourth-order valence-corrected chi connectivity index (χ4v) is 6.04. The number of nitrogens with one attached hydrogen (secondary N) is 2. The van der Waals surface area contributed by atoms with Gasteiger partial charge < -0.3 is 15.7 Å². The molecule has 0 unspecified atom stereocenters. The zero-order valence-electron chi connectivity index (χ0n) is 23.2. The molecule has 2 aliphatic rings. The number of carbonyl (C=O) groups is 1. The quantitative estimate of drug-likeness (QED) is 0.280. The molecule has 0 bridgehead atoms. The van der Waals surface area contributed by atoms with Crippen molar-refractivity contribution < 1.29 is 14.3 Å². The molecule has 12 heteroatoms. The molecular weight excluding hydrogens is 565 g/mol. The van der Waals surface area contributed by atoms with Crippen molar-refractivity contribution in [3.63, 3.8) is 0 Å². The van der Waals surface area contributed by atoms with Gasteiger partial charge in [-0.3, -0.25) is 14.6 Å². The third kappa shape index (κ3) is 7.34. The molecule has 41 heavy (non-hydrogen) atoms. The van der Waals surface area contributed by atoms with Gasteiger partial charge in [0.2, 0.25) is 5.91 Å². The number of aromatic nitrogens is 3. The van der Waals surface area contributed by atoms with Gasteiger partial charge >= 0.3 is 0 Å². The zero-order valence-corrected chi connectivity index (χ0v) is 24.8. The van der Waals surface area contributed by atoms with Crippen LogP contribution in [0.2, 0.25) is 5.02 Å². The van der Waals surface area contributed by atoms with Crippen LogP contribution in [-0.4, -0.2) is 86.6 Å². The lowest BCUT2D eigenvalue weighted by atomic mass is 9.78. The monoisotopic (exact) mass is 599 g/mol. The van der Waals surface area contributed by atoms with Crippen LogP contribution in [0.1, 0.15) is 26.7 Å². The number of anilines is 3. The van der Waals surface area contributed by atoms with Crippen molar-refractivity contribution in [3.8, 4) is 11.3 Å². The van der Waals surface area contributed by atoms with Crippen molar-refractivity contribution in [1.82, 2.24) is 25.0 Å². The molecule has 1 aliphatic heterocycles. The Hall–Kier alpha value is -2.83. The van der Waals surface area contributed by atoms with E-state index in [1.54, 1.807) is 24.4 Å². The summed E-state index contributed by atoms with van der Waals surface area (Å²) in [6.45, 7) is 8.72. The number of nitrogens with zero attached hydrogens (tertiary/aromatic N) is 5. The van der Waals surface area contributed by atoms with Crippen LogP contribution in [0.25, 0.3) is 11.3 Å². The normalized spacial score (nSPS) is 19.7. The molecule has 0 spiro atoms. The third-order valence-electron chi connectivity index (χ3n) is 7.66. The van der Waals surface area contributed by atoms with Crippen molar-refractivity contribution in [3.05, 3.63) is 53.4 Å². The lowest BCUT2D eigenvalue weighted by molar-refractivity contribution is -0.124. The van der Waals surface area contributed by atoms with E-state index >= 15 is 0 Å². The van der Waals surface area contributed by atoms with Gasteiger partial charge in [0.05, 0.1) is 18.0 Å². The molecule has 5 rings (SSSR count). The minimum absolute atomic E-state index is 0.0183. The van der Waals surface area contributed by atoms with Crippen molar-refractivity contribution in [2.45, 2.75) is 43.8 Å². The number of aliphatic hydroxyl groups is 1. The summed E-state index contributed by atoms with van der Waals surface area (Å²) in [6, 6.07) is 10.5. The molecule has 0 atom stereocenters. The maximum absolute atomic E-state index is 14.5. The second-order valence-electron chi connectivity index (χ2n) is 10.7. The van der Waals surface area contributed by atoms with E-state index in [0.717, 1.165) is 39.0 Å². The zero-order chi connectivity index (χ0) is 28.9. The van der Waals surface area contributed by atoms with Gasteiger partial charge in [-0.05, 0) is 57.0 Å². The van der Waals surface area contributed by atoms with Crippen LogP contribution < -0.4 is 10.6 Å². The minimum atomic E-state index is -0.463. The SMILES string of the molecule is CC(C)N1CCN(C2CC(C(=O)Nc3cc(Nc4cc(-c5cc(Cl)ccc5F)nnc4SCCO)ccn3)C2)CC1. The number of benzene rings is 1. The molecule has 0 radical (unpaired) electrons. The number of pyridine rings is 1. The molecule has 2 fully saturated rings. The number of carbonyl (C=O) groups excluding carboxylic acids is 1. The predicted octanol–water partition coefficient (Wildman–Crippen LogP) is 4.90. The van der Waals surface area contributed by atoms with Gasteiger partial charge in [-0.1, -0.05) is 11.6 Å². The Morgan fingerprint density at radius 3 is 2.66 bits per heavy atom. The van der Waals surface area contributed by atoms with Gasteiger partial charge in [0.25, 0.3) is 0 Å². The second-order valence-corrected chi connectivity index (χ2v) is 12.2. The van der Waals surface area contributed by atoms with Crippen molar-refractivity contribution in [2.24, 2.45) is 5.92 Å². The highest BCUT2D eigenvalue weighted by atomic mass is 35.5. The van der Waals surface area contributed by atoms with Crippen LogP contribution in [0.3, 0.4) is 0 Å². The lowest BCUT2D eigenvalue weighted by Crippen LogP contribution is -2.56. The van der Waals surface area contributed by atoms with E-state index in [4.69, 9.17) is 11.6 Å². The summed E-state index contributed by atoms with van der Waals surface area (Å²) in [5.41, 5.74) is 1.79. The smallest absolute Gasteiger partial charge is 0.228 e. The maximum atomic E-state index is 14.5. The Kier molecular flexibility index (Phi) is 9.72. The molecule has 1 aromatic carbocycles. The molecule has 3 N–H and O–H groups in total. The third-order valence-corrected chi connectivity index (χ3v) is 8.86. The Labute approximate surface area is 248 Å². The topological polar surface area (TPSA) is 107 Å². The Bertz CT molecular complexity index is 1370. The number of thioether (sulfide) groups is 1. The van der Waals surface area contributed by atoms with Crippen LogP contribution in [-0.2, 0) is 4.79 Å². The molecule has 3 aromatic rings. The van der Waals surface area contributed by atoms with Crippen molar-refractivity contribution in [2.75, 3.05) is 49.2 Å². The van der Waals surface area contributed by atoms with E-state index in [2.05, 4.69) is 49.5 Å². The minimum Gasteiger partial charge on any atom is -0.396 e. The molecule has 1 saturated heterocycles. The summed E-state index contributed by atoms with van der Waals surface area (Å²) in [5.74, 6) is 0.358. The summed E-state index contributed by atoms with van der Waals surface area (Å²) in [6.07, 6.45) is 3.34. The van der Waals surface area contributed by atoms with Crippen LogP contribution in [0.4, 0.5) is 21.6 Å². The van der Waals surface area contributed by atoms with Gasteiger partial charge in [0, 0.05) is 78.5 Å². The fraction of sp³-hybridized carbons (Fsp3) is 0.448. The van der Waals surface area contributed by atoms with Crippen LogP contribution in [0, 0.1) is 11.7 Å². The first-order valence-corrected chi connectivity index (χ1v) is 15.3. The summed E-state index contributed by atoms with van der Waals surface area (Å²) >= 11 is 7.41. The molecule has 1 aliphatic carbocycles. The van der Waals surface area contributed by atoms with Crippen molar-refractivity contribution >= 4 is 46.5 Å². The average molecular weight is 600 g/mol. The lowest BCUT2D eigenvalue weighted by Gasteiger charge is -2.46. The number of amides is 1. The molecule has 218 valence electrons. The summed E-state index contributed by atoms with van der Waals surface area (Å²) in [5, 5.41) is 25.0. The molecule has 2 aromatic heterocycles. The van der Waals surface area contributed by atoms with E-state index < -0.39 is 5.82 Å². The van der Waals surface area contributed by atoms with E-state index in [0.29, 0.717) is 50.8 Å². The highest BCUT2D eigenvalue weighted by Gasteiger charge is 2.39. The molecular formula is C29H35ClFN7O2S. The molecule has 1 saturated carbocycles.